The molecule has 0 aliphatic carbocycles. The topological polar surface area (TPSA) is 79.6 Å². The molecule has 0 saturated carbocycles. The van der Waals surface area contributed by atoms with Gasteiger partial charge in [-0.15, -0.1) is 0 Å². The fraction of sp³-hybridized carbons (Fsp3) is 0.400. The molecule has 1 saturated heterocycles. The van der Waals surface area contributed by atoms with Gasteiger partial charge in [-0.25, -0.2) is 4.98 Å². The highest BCUT2D eigenvalue weighted by Crippen LogP contribution is 2.14. The van der Waals surface area contributed by atoms with Crippen LogP contribution in [0, 0.1) is 0 Å². The number of para-hydroxylation sites is 2. The summed E-state index contributed by atoms with van der Waals surface area (Å²) in [5, 5.41) is 7.49. The molecule has 6 nitrogen and oxygen atoms in total. The molecule has 0 bridgehead atoms. The molecule has 1 fully saturated rings. The SMILES string of the molecule is c1ccc2[nH]c(Cc3noc(CC4CCCN4)n3)nc2c1. The maximum atomic E-state index is 5.33. The van der Waals surface area contributed by atoms with Crippen molar-refractivity contribution in [3.8, 4) is 0 Å². The summed E-state index contributed by atoms with van der Waals surface area (Å²) in [6.07, 6.45) is 3.79. The van der Waals surface area contributed by atoms with E-state index in [1.807, 2.05) is 24.3 Å². The molecule has 1 aliphatic rings. The minimum absolute atomic E-state index is 0.476. The third-order valence-corrected chi connectivity index (χ3v) is 3.86. The minimum atomic E-state index is 0.476. The smallest absolute Gasteiger partial charge is 0.228 e. The average molecular weight is 283 g/mol. The molecule has 108 valence electrons. The number of hydrogen-bond acceptors (Lipinski definition) is 5. The van der Waals surface area contributed by atoms with E-state index in [2.05, 4.69) is 25.4 Å². The van der Waals surface area contributed by atoms with E-state index in [1.165, 1.54) is 12.8 Å². The van der Waals surface area contributed by atoms with Gasteiger partial charge in [0, 0.05) is 12.5 Å². The van der Waals surface area contributed by atoms with Gasteiger partial charge in [-0.1, -0.05) is 17.3 Å². The van der Waals surface area contributed by atoms with Crippen molar-refractivity contribution in [3.05, 3.63) is 41.8 Å². The number of nitrogens with one attached hydrogen (secondary N) is 2. The van der Waals surface area contributed by atoms with Crippen molar-refractivity contribution in [1.82, 2.24) is 25.4 Å². The van der Waals surface area contributed by atoms with Crippen LogP contribution in [-0.2, 0) is 12.8 Å². The Labute approximate surface area is 122 Å². The van der Waals surface area contributed by atoms with E-state index in [4.69, 9.17) is 4.52 Å². The number of H-pyrrole nitrogens is 1. The number of imidazole rings is 1. The first-order chi connectivity index (χ1) is 10.4. The van der Waals surface area contributed by atoms with Crippen molar-refractivity contribution >= 4 is 11.0 Å². The van der Waals surface area contributed by atoms with Crippen LogP contribution in [0.1, 0.15) is 30.4 Å². The Kier molecular flexibility index (Phi) is 3.16. The Balaban J connectivity index is 1.47. The van der Waals surface area contributed by atoms with Crippen LogP contribution in [0.5, 0.6) is 0 Å². The average Bonchev–Trinajstić information content (AvgIpc) is 3.20. The van der Waals surface area contributed by atoms with E-state index in [1.54, 1.807) is 0 Å². The van der Waals surface area contributed by atoms with Gasteiger partial charge in [0.15, 0.2) is 5.82 Å². The Bertz CT molecular complexity index is 708. The van der Waals surface area contributed by atoms with E-state index < -0.39 is 0 Å². The fourth-order valence-electron chi connectivity index (χ4n) is 2.83. The second-order valence-electron chi connectivity index (χ2n) is 5.48. The van der Waals surface area contributed by atoms with E-state index >= 15 is 0 Å². The summed E-state index contributed by atoms with van der Waals surface area (Å²) in [7, 11) is 0. The predicted molar refractivity (Wildman–Crippen MR) is 77.9 cm³/mol. The highest BCUT2D eigenvalue weighted by atomic mass is 16.5. The largest absolute Gasteiger partial charge is 0.342 e. The van der Waals surface area contributed by atoms with E-state index in [9.17, 15) is 0 Å². The summed E-state index contributed by atoms with van der Waals surface area (Å²) in [4.78, 5) is 12.3. The molecule has 1 atom stereocenters. The van der Waals surface area contributed by atoms with Gasteiger partial charge in [-0.3, -0.25) is 0 Å². The molecule has 0 amide bonds. The third-order valence-electron chi connectivity index (χ3n) is 3.86. The Morgan fingerprint density at radius 3 is 3.05 bits per heavy atom. The summed E-state index contributed by atoms with van der Waals surface area (Å²) in [6.45, 7) is 1.09. The molecule has 21 heavy (non-hydrogen) atoms. The highest BCUT2D eigenvalue weighted by molar-refractivity contribution is 5.74. The number of fused-ring (bicyclic) bond motifs is 1. The number of aromatic nitrogens is 4. The zero-order valence-electron chi connectivity index (χ0n) is 11.7. The molecule has 0 spiro atoms. The number of benzene rings is 1. The van der Waals surface area contributed by atoms with Gasteiger partial charge in [-0.2, -0.15) is 4.98 Å². The van der Waals surface area contributed by atoms with Gasteiger partial charge in [-0.05, 0) is 31.5 Å². The zero-order valence-corrected chi connectivity index (χ0v) is 11.7. The summed E-state index contributed by atoms with van der Waals surface area (Å²) in [6, 6.07) is 8.45. The molecule has 6 heteroatoms. The van der Waals surface area contributed by atoms with Gasteiger partial charge in [0.05, 0.1) is 17.5 Å². The van der Waals surface area contributed by atoms with Crippen LogP contribution >= 0.6 is 0 Å². The first-order valence-electron chi connectivity index (χ1n) is 7.35. The molecule has 2 aromatic heterocycles. The highest BCUT2D eigenvalue weighted by Gasteiger charge is 2.18. The molecule has 0 radical (unpaired) electrons. The van der Waals surface area contributed by atoms with Crippen LogP contribution in [0.3, 0.4) is 0 Å². The van der Waals surface area contributed by atoms with Gasteiger partial charge in [0.25, 0.3) is 0 Å². The molecule has 4 rings (SSSR count). The van der Waals surface area contributed by atoms with E-state index in [-0.39, 0.29) is 0 Å². The normalized spacial score (nSPS) is 18.6. The fourth-order valence-corrected chi connectivity index (χ4v) is 2.83. The Morgan fingerprint density at radius 1 is 1.24 bits per heavy atom. The van der Waals surface area contributed by atoms with E-state index in [0.717, 1.165) is 29.8 Å². The van der Waals surface area contributed by atoms with Gasteiger partial charge < -0.3 is 14.8 Å². The summed E-state index contributed by atoms with van der Waals surface area (Å²) in [5.41, 5.74) is 2.00. The van der Waals surface area contributed by atoms with Crippen molar-refractivity contribution in [2.75, 3.05) is 6.54 Å². The summed E-state index contributed by atoms with van der Waals surface area (Å²) < 4.78 is 5.33. The summed E-state index contributed by atoms with van der Waals surface area (Å²) in [5.74, 6) is 2.25. The molecule has 1 aliphatic heterocycles. The molecule has 3 heterocycles. The lowest BCUT2D eigenvalue weighted by molar-refractivity contribution is 0.360. The molecular formula is C15H17N5O. The predicted octanol–water partition coefficient (Wildman–Crippen LogP) is 1.83. The lowest BCUT2D eigenvalue weighted by Gasteiger charge is -2.04. The van der Waals surface area contributed by atoms with Gasteiger partial charge in [0.1, 0.15) is 5.82 Å². The number of nitrogens with zero attached hydrogens (tertiary/aromatic N) is 3. The summed E-state index contributed by atoms with van der Waals surface area (Å²) >= 11 is 0. The second kappa shape index (κ2) is 5.29. The van der Waals surface area contributed by atoms with Crippen molar-refractivity contribution in [2.45, 2.75) is 31.7 Å². The monoisotopic (exact) mass is 283 g/mol. The van der Waals surface area contributed by atoms with Crippen LogP contribution in [-0.4, -0.2) is 32.7 Å². The zero-order chi connectivity index (χ0) is 14.1. The van der Waals surface area contributed by atoms with Crippen LogP contribution in [0.4, 0.5) is 0 Å². The van der Waals surface area contributed by atoms with Crippen LogP contribution in [0.25, 0.3) is 11.0 Å². The first kappa shape index (κ1) is 12.5. The lowest BCUT2D eigenvalue weighted by Crippen LogP contribution is -2.23. The standard InChI is InChI=1S/C15H17N5O/c1-2-6-12-11(5-1)17-13(18-12)9-14-19-15(21-20-14)8-10-4-3-7-16-10/h1-2,5-6,10,16H,3-4,7-9H2,(H,17,18). The van der Waals surface area contributed by atoms with E-state index in [0.29, 0.717) is 24.2 Å². The van der Waals surface area contributed by atoms with Gasteiger partial charge in [0.2, 0.25) is 5.89 Å². The number of hydrogen-bond donors (Lipinski definition) is 2. The van der Waals surface area contributed by atoms with Crippen LogP contribution < -0.4 is 5.32 Å². The second-order valence-corrected chi connectivity index (χ2v) is 5.48. The van der Waals surface area contributed by atoms with Crippen LogP contribution in [0.2, 0.25) is 0 Å². The maximum Gasteiger partial charge on any atom is 0.228 e. The lowest BCUT2D eigenvalue weighted by atomic mass is 10.1. The van der Waals surface area contributed by atoms with Crippen molar-refractivity contribution < 1.29 is 4.52 Å². The Hall–Kier alpha value is -2.21. The molecule has 3 aromatic rings. The first-order valence-corrected chi connectivity index (χ1v) is 7.35. The van der Waals surface area contributed by atoms with Crippen molar-refractivity contribution in [3.63, 3.8) is 0 Å². The molecule has 1 aromatic carbocycles. The molecular weight excluding hydrogens is 266 g/mol. The maximum absolute atomic E-state index is 5.33. The number of rotatable bonds is 4. The number of aromatic amines is 1. The van der Waals surface area contributed by atoms with Crippen molar-refractivity contribution in [1.29, 1.82) is 0 Å². The molecule has 1 unspecified atom stereocenters. The Morgan fingerprint density at radius 2 is 2.19 bits per heavy atom. The van der Waals surface area contributed by atoms with Crippen LogP contribution in [0.15, 0.2) is 28.8 Å². The van der Waals surface area contributed by atoms with Crippen molar-refractivity contribution in [2.24, 2.45) is 0 Å². The minimum Gasteiger partial charge on any atom is -0.342 e. The third kappa shape index (κ3) is 2.67. The molecule has 2 N–H and O–H groups in total. The van der Waals surface area contributed by atoms with Gasteiger partial charge >= 0.3 is 0 Å². The quantitative estimate of drug-likeness (QED) is 0.763.